The van der Waals surface area contributed by atoms with Gasteiger partial charge in [0.05, 0.1) is 6.10 Å². The maximum atomic E-state index is 11.1. The van der Waals surface area contributed by atoms with Crippen LogP contribution in [0.1, 0.15) is 35.6 Å². The van der Waals surface area contributed by atoms with Gasteiger partial charge in [0.25, 0.3) is 5.56 Å². The Morgan fingerprint density at radius 1 is 1.62 bits per heavy atom. The molecule has 2 rings (SSSR count). The molecule has 1 fully saturated rings. The van der Waals surface area contributed by atoms with Crippen LogP contribution in [0, 0.1) is 0 Å². The highest BCUT2D eigenvalue weighted by atomic mass is 16.5. The van der Waals surface area contributed by atoms with Gasteiger partial charge in [-0.25, -0.2) is 9.78 Å². The van der Waals surface area contributed by atoms with E-state index in [0.717, 1.165) is 25.3 Å². The molecule has 1 heterocycles. The lowest BCUT2D eigenvalue weighted by Gasteiger charge is -2.25. The number of carboxylic acids is 1. The van der Waals surface area contributed by atoms with Crippen molar-refractivity contribution < 1.29 is 14.6 Å². The van der Waals surface area contributed by atoms with Crippen molar-refractivity contribution in [1.82, 2.24) is 9.97 Å². The number of aromatic carboxylic acids is 1. The highest BCUT2D eigenvalue weighted by Crippen LogP contribution is 2.22. The Morgan fingerprint density at radius 2 is 2.38 bits per heavy atom. The SMILES string of the molecule is O=C(O)c1cc(=O)[nH]c(COC2CCC2)n1. The first-order valence-corrected chi connectivity index (χ1v) is 5.10. The number of hydrogen-bond donors (Lipinski definition) is 2. The molecule has 1 aliphatic carbocycles. The minimum Gasteiger partial charge on any atom is -0.477 e. The first-order chi connectivity index (χ1) is 7.65. The first-order valence-electron chi connectivity index (χ1n) is 5.10. The van der Waals surface area contributed by atoms with Crippen LogP contribution < -0.4 is 5.56 Å². The molecule has 0 unspecified atom stereocenters. The van der Waals surface area contributed by atoms with Gasteiger partial charge in [-0.05, 0) is 19.3 Å². The van der Waals surface area contributed by atoms with Gasteiger partial charge in [-0.1, -0.05) is 0 Å². The Hall–Kier alpha value is -1.69. The topological polar surface area (TPSA) is 92.3 Å². The van der Waals surface area contributed by atoms with E-state index in [0.29, 0.717) is 0 Å². The van der Waals surface area contributed by atoms with Crippen LogP contribution in [0.3, 0.4) is 0 Å². The van der Waals surface area contributed by atoms with Crippen molar-refractivity contribution in [3.63, 3.8) is 0 Å². The standard InChI is InChI=1S/C10H12N2O4/c13-9-4-7(10(14)15)11-8(12-9)5-16-6-2-1-3-6/h4,6H,1-3,5H2,(H,14,15)(H,11,12,13). The second-order valence-corrected chi connectivity index (χ2v) is 3.75. The molecule has 2 N–H and O–H groups in total. The third kappa shape index (κ3) is 2.46. The lowest BCUT2D eigenvalue weighted by Crippen LogP contribution is -2.23. The highest BCUT2D eigenvalue weighted by Gasteiger charge is 2.18. The Morgan fingerprint density at radius 3 is 2.94 bits per heavy atom. The van der Waals surface area contributed by atoms with E-state index in [1.165, 1.54) is 0 Å². The van der Waals surface area contributed by atoms with Gasteiger partial charge in [0, 0.05) is 6.07 Å². The van der Waals surface area contributed by atoms with Gasteiger partial charge in [-0.2, -0.15) is 0 Å². The van der Waals surface area contributed by atoms with E-state index >= 15 is 0 Å². The Kier molecular flexibility index (Phi) is 3.00. The number of H-pyrrole nitrogens is 1. The van der Waals surface area contributed by atoms with Gasteiger partial charge in [0.1, 0.15) is 12.4 Å². The fourth-order valence-electron chi connectivity index (χ4n) is 1.42. The Bertz CT molecular complexity index is 450. The summed E-state index contributed by atoms with van der Waals surface area (Å²) in [4.78, 5) is 28.0. The fraction of sp³-hybridized carbons (Fsp3) is 0.500. The van der Waals surface area contributed by atoms with Crippen LogP contribution in [0.4, 0.5) is 0 Å². The molecule has 1 aliphatic rings. The van der Waals surface area contributed by atoms with Crippen LogP contribution in [0.2, 0.25) is 0 Å². The first kappa shape index (κ1) is 10.8. The van der Waals surface area contributed by atoms with Gasteiger partial charge < -0.3 is 14.8 Å². The Labute approximate surface area is 91.3 Å². The van der Waals surface area contributed by atoms with Gasteiger partial charge >= 0.3 is 5.97 Å². The van der Waals surface area contributed by atoms with Gasteiger partial charge in [0.2, 0.25) is 0 Å². The Balaban J connectivity index is 2.07. The summed E-state index contributed by atoms with van der Waals surface area (Å²) in [6.45, 7) is 0.154. The maximum Gasteiger partial charge on any atom is 0.354 e. The predicted molar refractivity (Wildman–Crippen MR) is 54.2 cm³/mol. The number of hydrogen-bond acceptors (Lipinski definition) is 4. The zero-order valence-corrected chi connectivity index (χ0v) is 8.60. The maximum absolute atomic E-state index is 11.1. The van der Waals surface area contributed by atoms with Crippen molar-refractivity contribution in [3.05, 3.63) is 27.9 Å². The molecule has 0 amide bonds. The van der Waals surface area contributed by atoms with E-state index in [9.17, 15) is 9.59 Å². The number of aromatic amines is 1. The summed E-state index contributed by atoms with van der Waals surface area (Å²) in [5.74, 6) is -0.951. The molecule has 0 saturated heterocycles. The van der Waals surface area contributed by atoms with Crippen LogP contribution in [0.25, 0.3) is 0 Å². The summed E-state index contributed by atoms with van der Waals surface area (Å²) < 4.78 is 5.43. The second kappa shape index (κ2) is 4.44. The number of carbonyl (C=O) groups is 1. The molecular formula is C10H12N2O4. The number of aromatic nitrogens is 2. The fourth-order valence-corrected chi connectivity index (χ4v) is 1.42. The van der Waals surface area contributed by atoms with Crippen LogP contribution >= 0.6 is 0 Å². The summed E-state index contributed by atoms with van der Waals surface area (Å²) in [6, 6.07) is 0.954. The van der Waals surface area contributed by atoms with Gasteiger partial charge in [-0.15, -0.1) is 0 Å². The second-order valence-electron chi connectivity index (χ2n) is 3.75. The lowest BCUT2D eigenvalue weighted by atomic mass is 9.96. The smallest absolute Gasteiger partial charge is 0.354 e. The molecule has 0 bridgehead atoms. The van der Waals surface area contributed by atoms with Crippen molar-refractivity contribution in [2.45, 2.75) is 32.0 Å². The highest BCUT2D eigenvalue weighted by molar-refractivity contribution is 5.85. The molecule has 0 atom stereocenters. The number of carboxylic acid groups (broad SMARTS) is 1. The summed E-state index contributed by atoms with van der Waals surface area (Å²) in [5, 5.41) is 8.71. The minimum absolute atomic E-state index is 0.154. The van der Waals surface area contributed by atoms with E-state index in [-0.39, 0.29) is 24.2 Å². The molecule has 1 saturated carbocycles. The summed E-state index contributed by atoms with van der Waals surface area (Å²) in [5.41, 5.74) is -0.726. The zero-order chi connectivity index (χ0) is 11.5. The molecule has 0 radical (unpaired) electrons. The van der Waals surface area contributed by atoms with Crippen molar-refractivity contribution in [2.75, 3.05) is 0 Å². The molecule has 1 aromatic rings. The number of ether oxygens (including phenoxy) is 1. The normalized spacial score (nSPS) is 15.8. The average Bonchev–Trinajstić information content (AvgIpc) is 2.14. The number of rotatable bonds is 4. The zero-order valence-electron chi connectivity index (χ0n) is 8.60. The molecule has 0 aromatic carbocycles. The molecule has 86 valence electrons. The largest absolute Gasteiger partial charge is 0.477 e. The molecule has 6 heteroatoms. The molecular weight excluding hydrogens is 212 g/mol. The predicted octanol–water partition coefficient (Wildman–Crippen LogP) is 0.537. The van der Waals surface area contributed by atoms with E-state index in [2.05, 4.69) is 9.97 Å². The molecule has 6 nitrogen and oxygen atoms in total. The van der Waals surface area contributed by atoms with E-state index < -0.39 is 11.5 Å². The van der Waals surface area contributed by atoms with Gasteiger partial charge in [0.15, 0.2) is 5.69 Å². The third-order valence-corrected chi connectivity index (χ3v) is 2.52. The van der Waals surface area contributed by atoms with E-state index in [1.807, 2.05) is 0 Å². The number of nitrogens with zero attached hydrogens (tertiary/aromatic N) is 1. The van der Waals surface area contributed by atoms with Crippen LogP contribution in [0.5, 0.6) is 0 Å². The van der Waals surface area contributed by atoms with Crippen molar-refractivity contribution in [2.24, 2.45) is 0 Å². The van der Waals surface area contributed by atoms with Crippen molar-refractivity contribution in [3.8, 4) is 0 Å². The van der Waals surface area contributed by atoms with Crippen LogP contribution in [-0.4, -0.2) is 27.1 Å². The molecule has 1 aromatic heterocycles. The quantitative estimate of drug-likeness (QED) is 0.778. The van der Waals surface area contributed by atoms with Gasteiger partial charge in [-0.3, -0.25) is 4.79 Å². The van der Waals surface area contributed by atoms with Crippen molar-refractivity contribution in [1.29, 1.82) is 0 Å². The lowest BCUT2D eigenvalue weighted by molar-refractivity contribution is -0.0118. The minimum atomic E-state index is -1.21. The third-order valence-electron chi connectivity index (χ3n) is 2.52. The number of nitrogens with one attached hydrogen (secondary N) is 1. The summed E-state index contributed by atoms with van der Waals surface area (Å²) in [6.07, 6.45) is 3.41. The molecule has 0 spiro atoms. The van der Waals surface area contributed by atoms with Crippen LogP contribution in [-0.2, 0) is 11.3 Å². The van der Waals surface area contributed by atoms with Crippen molar-refractivity contribution >= 4 is 5.97 Å². The molecule has 16 heavy (non-hydrogen) atoms. The molecule has 0 aliphatic heterocycles. The van der Waals surface area contributed by atoms with E-state index in [4.69, 9.17) is 9.84 Å². The summed E-state index contributed by atoms with van der Waals surface area (Å²) in [7, 11) is 0. The van der Waals surface area contributed by atoms with Crippen LogP contribution in [0.15, 0.2) is 10.9 Å². The monoisotopic (exact) mass is 224 g/mol. The average molecular weight is 224 g/mol. The summed E-state index contributed by atoms with van der Waals surface area (Å²) >= 11 is 0. The van der Waals surface area contributed by atoms with E-state index in [1.54, 1.807) is 0 Å².